The molecule has 0 spiro atoms. The molecule has 0 amide bonds. The van der Waals surface area contributed by atoms with Gasteiger partial charge in [-0.2, -0.15) is 4.31 Å². The molecule has 1 heterocycles. The van der Waals surface area contributed by atoms with Crippen molar-refractivity contribution in [2.45, 2.75) is 12.2 Å². The second kappa shape index (κ2) is 2.48. The van der Waals surface area contributed by atoms with Gasteiger partial charge in [-0.05, 0) is 6.92 Å². The minimum atomic E-state index is -2.97. The van der Waals surface area contributed by atoms with Gasteiger partial charge in [0.25, 0.3) is 0 Å². The van der Waals surface area contributed by atoms with E-state index < -0.39 is 10.0 Å². The van der Waals surface area contributed by atoms with Crippen molar-refractivity contribution in [3.8, 4) is 0 Å². The summed E-state index contributed by atoms with van der Waals surface area (Å²) in [5.41, 5.74) is 0. The molecule has 5 heteroatoms. The molecule has 10 heavy (non-hydrogen) atoms. The first kappa shape index (κ1) is 7.97. The first-order chi connectivity index (χ1) is 4.55. The van der Waals surface area contributed by atoms with Gasteiger partial charge in [0, 0.05) is 13.6 Å². The largest absolute Gasteiger partial charge is 0.302 e. The molecule has 0 aromatic carbocycles. The molecule has 60 valence electrons. The van der Waals surface area contributed by atoms with Crippen molar-refractivity contribution in [1.29, 1.82) is 0 Å². The Kier molecular flexibility index (Phi) is 1.98. The molecule has 1 aliphatic rings. The maximum Gasteiger partial charge on any atom is 0.218 e. The third-order valence-electron chi connectivity index (χ3n) is 1.71. The van der Waals surface area contributed by atoms with Crippen LogP contribution < -0.4 is 5.32 Å². The standard InChI is InChI=1S/C5H12N2O2S/c1-5-3-6-4-7(2)10(5,8)9/h5-6H,3-4H2,1-2H3. The molecule has 1 unspecified atom stereocenters. The maximum absolute atomic E-state index is 11.2. The molecule has 0 aliphatic carbocycles. The van der Waals surface area contributed by atoms with E-state index in [2.05, 4.69) is 5.32 Å². The van der Waals surface area contributed by atoms with E-state index in [1.54, 1.807) is 14.0 Å². The van der Waals surface area contributed by atoms with Crippen LogP contribution in [0, 0.1) is 0 Å². The van der Waals surface area contributed by atoms with E-state index in [0.717, 1.165) is 0 Å². The lowest BCUT2D eigenvalue weighted by molar-refractivity contribution is 0.395. The van der Waals surface area contributed by atoms with Crippen LogP contribution in [0.4, 0.5) is 0 Å². The van der Waals surface area contributed by atoms with E-state index in [0.29, 0.717) is 13.2 Å². The van der Waals surface area contributed by atoms with Crippen LogP contribution in [-0.2, 0) is 10.0 Å². The molecule has 0 bridgehead atoms. The monoisotopic (exact) mass is 164 g/mol. The fraction of sp³-hybridized carbons (Fsp3) is 1.00. The van der Waals surface area contributed by atoms with Crippen molar-refractivity contribution >= 4 is 10.0 Å². The summed E-state index contributed by atoms with van der Waals surface area (Å²) in [6.07, 6.45) is 0. The topological polar surface area (TPSA) is 49.4 Å². The van der Waals surface area contributed by atoms with E-state index in [4.69, 9.17) is 0 Å². The average Bonchev–Trinajstić information content (AvgIpc) is 1.84. The van der Waals surface area contributed by atoms with Crippen molar-refractivity contribution in [3.63, 3.8) is 0 Å². The Morgan fingerprint density at radius 3 is 2.60 bits per heavy atom. The van der Waals surface area contributed by atoms with Crippen LogP contribution in [-0.4, -0.2) is 38.2 Å². The lowest BCUT2D eigenvalue weighted by atomic mass is 10.5. The lowest BCUT2D eigenvalue weighted by Gasteiger charge is -2.27. The molecule has 1 fully saturated rings. The smallest absolute Gasteiger partial charge is 0.218 e. The van der Waals surface area contributed by atoms with Crippen LogP contribution in [0.25, 0.3) is 0 Å². The predicted molar refractivity (Wildman–Crippen MR) is 39.0 cm³/mol. The summed E-state index contributed by atoms with van der Waals surface area (Å²) in [4.78, 5) is 0. The van der Waals surface area contributed by atoms with Crippen molar-refractivity contribution in [2.24, 2.45) is 0 Å². The average molecular weight is 164 g/mol. The van der Waals surface area contributed by atoms with Crippen LogP contribution in [0.2, 0.25) is 0 Å². The fourth-order valence-electron chi connectivity index (χ4n) is 0.928. The molecule has 1 N–H and O–H groups in total. The number of rotatable bonds is 0. The minimum Gasteiger partial charge on any atom is -0.302 e. The van der Waals surface area contributed by atoms with Crippen molar-refractivity contribution in [2.75, 3.05) is 20.3 Å². The Morgan fingerprint density at radius 2 is 2.20 bits per heavy atom. The second-order valence-corrected chi connectivity index (χ2v) is 5.02. The number of hydrogen-bond acceptors (Lipinski definition) is 3. The van der Waals surface area contributed by atoms with Gasteiger partial charge >= 0.3 is 0 Å². The van der Waals surface area contributed by atoms with Gasteiger partial charge in [0.2, 0.25) is 10.0 Å². The molecule has 1 rings (SSSR count). The summed E-state index contributed by atoms with van der Waals surface area (Å²) in [5, 5.41) is 2.70. The zero-order chi connectivity index (χ0) is 7.78. The van der Waals surface area contributed by atoms with E-state index >= 15 is 0 Å². The molecule has 0 aromatic heterocycles. The van der Waals surface area contributed by atoms with Gasteiger partial charge in [-0.3, -0.25) is 0 Å². The first-order valence-electron chi connectivity index (χ1n) is 3.21. The lowest BCUT2D eigenvalue weighted by Crippen LogP contribution is -2.50. The van der Waals surface area contributed by atoms with Crippen LogP contribution in [0.15, 0.2) is 0 Å². The number of sulfonamides is 1. The normalized spacial score (nSPS) is 34.0. The summed E-state index contributed by atoms with van der Waals surface area (Å²) in [6, 6.07) is 0. The Balaban J connectivity index is 2.84. The van der Waals surface area contributed by atoms with Crippen LogP contribution in [0.3, 0.4) is 0 Å². The van der Waals surface area contributed by atoms with Gasteiger partial charge in [-0.15, -0.1) is 0 Å². The second-order valence-electron chi connectivity index (χ2n) is 2.57. The maximum atomic E-state index is 11.2. The van der Waals surface area contributed by atoms with Gasteiger partial charge in [0.15, 0.2) is 0 Å². The van der Waals surface area contributed by atoms with Gasteiger partial charge in [0.1, 0.15) is 0 Å². The summed E-state index contributed by atoms with van der Waals surface area (Å²) < 4.78 is 23.7. The SMILES string of the molecule is CC1CNCN(C)S1(=O)=O. The molecule has 0 aromatic rings. The zero-order valence-electron chi connectivity index (χ0n) is 6.16. The summed E-state index contributed by atoms with van der Waals surface area (Å²) in [6.45, 7) is 2.71. The Morgan fingerprint density at radius 1 is 1.60 bits per heavy atom. The molecule has 1 atom stereocenters. The summed E-state index contributed by atoms with van der Waals surface area (Å²) in [7, 11) is -1.39. The van der Waals surface area contributed by atoms with Crippen LogP contribution >= 0.6 is 0 Å². The Hall–Kier alpha value is -0.130. The van der Waals surface area contributed by atoms with Gasteiger partial charge in [0.05, 0.1) is 11.9 Å². The third kappa shape index (κ3) is 1.16. The van der Waals surface area contributed by atoms with E-state index in [1.807, 2.05) is 0 Å². The molecule has 0 radical (unpaired) electrons. The molecule has 4 nitrogen and oxygen atoms in total. The molecular formula is C5H12N2O2S. The Labute approximate surface area is 61.3 Å². The highest BCUT2D eigenvalue weighted by Crippen LogP contribution is 2.08. The van der Waals surface area contributed by atoms with E-state index in [9.17, 15) is 8.42 Å². The number of nitrogens with one attached hydrogen (secondary N) is 1. The van der Waals surface area contributed by atoms with Gasteiger partial charge < -0.3 is 5.32 Å². The number of hydrogen-bond donors (Lipinski definition) is 1. The Bertz CT molecular complexity index is 196. The highest BCUT2D eigenvalue weighted by Gasteiger charge is 2.28. The molecule has 1 saturated heterocycles. The van der Waals surface area contributed by atoms with Crippen molar-refractivity contribution in [3.05, 3.63) is 0 Å². The van der Waals surface area contributed by atoms with E-state index in [1.165, 1.54) is 4.31 Å². The van der Waals surface area contributed by atoms with Crippen molar-refractivity contribution < 1.29 is 8.42 Å². The molecule has 1 aliphatic heterocycles. The van der Waals surface area contributed by atoms with Crippen molar-refractivity contribution in [1.82, 2.24) is 9.62 Å². The quantitative estimate of drug-likeness (QED) is 0.510. The van der Waals surface area contributed by atoms with Crippen LogP contribution in [0.5, 0.6) is 0 Å². The number of nitrogens with zero attached hydrogens (tertiary/aromatic N) is 1. The predicted octanol–water partition coefficient (Wildman–Crippen LogP) is -0.803. The highest BCUT2D eigenvalue weighted by molar-refractivity contribution is 7.89. The summed E-state index contributed by atoms with van der Waals surface area (Å²) in [5.74, 6) is 0. The minimum absolute atomic E-state index is 0.286. The molecule has 0 saturated carbocycles. The highest BCUT2D eigenvalue weighted by atomic mass is 32.2. The third-order valence-corrected chi connectivity index (χ3v) is 3.89. The van der Waals surface area contributed by atoms with Gasteiger partial charge in [-0.25, -0.2) is 8.42 Å². The first-order valence-corrected chi connectivity index (χ1v) is 4.71. The fourth-order valence-corrected chi connectivity index (χ4v) is 2.14. The van der Waals surface area contributed by atoms with Crippen LogP contribution in [0.1, 0.15) is 6.92 Å². The van der Waals surface area contributed by atoms with E-state index in [-0.39, 0.29) is 5.25 Å². The zero-order valence-corrected chi connectivity index (χ0v) is 6.98. The summed E-state index contributed by atoms with van der Waals surface area (Å²) >= 11 is 0. The van der Waals surface area contributed by atoms with Gasteiger partial charge in [-0.1, -0.05) is 0 Å². The molecular weight excluding hydrogens is 152 g/mol.